The Labute approximate surface area is 127 Å². The van der Waals surface area contributed by atoms with Crippen LogP contribution in [0.1, 0.15) is 23.1 Å². The molecule has 0 saturated heterocycles. The van der Waals surface area contributed by atoms with E-state index >= 15 is 0 Å². The van der Waals surface area contributed by atoms with Crippen LogP contribution in [0, 0.1) is 18.6 Å². The summed E-state index contributed by atoms with van der Waals surface area (Å²) in [6.07, 6.45) is 2.63. The molecule has 0 aliphatic heterocycles. The molecule has 0 radical (unpaired) electrons. The largest absolute Gasteiger partial charge is 0.204 e. The average molecular weight is 339 g/mol. The van der Waals surface area contributed by atoms with Gasteiger partial charge in [-0.1, -0.05) is 51.8 Å². The van der Waals surface area contributed by atoms with Crippen LogP contribution in [0.4, 0.5) is 8.78 Å². The maximum absolute atomic E-state index is 13.1. The fourth-order valence-electron chi connectivity index (χ4n) is 2.10. The average Bonchev–Trinajstić information content (AvgIpc) is 2.42. The van der Waals surface area contributed by atoms with Crippen molar-refractivity contribution in [2.75, 3.05) is 0 Å². The minimum Gasteiger partial charge on any atom is -0.204 e. The lowest BCUT2D eigenvalue weighted by Gasteiger charge is -2.10. The molecule has 20 heavy (non-hydrogen) atoms. The molecule has 3 heteroatoms. The molecule has 1 atom stereocenters. The molecule has 2 aromatic rings. The summed E-state index contributed by atoms with van der Waals surface area (Å²) in [5.41, 5.74) is 3.37. The third kappa shape index (κ3) is 4.41. The maximum atomic E-state index is 13.1. The van der Waals surface area contributed by atoms with Crippen LogP contribution in [-0.4, -0.2) is 4.83 Å². The SMILES string of the molecule is Cc1ccc(CCC(Br)Cc2ccc(F)c(F)c2)cc1. The van der Waals surface area contributed by atoms with Gasteiger partial charge in [0.1, 0.15) is 0 Å². The summed E-state index contributed by atoms with van der Waals surface area (Å²) in [5, 5.41) is 0. The third-order valence-electron chi connectivity index (χ3n) is 3.31. The van der Waals surface area contributed by atoms with Gasteiger partial charge >= 0.3 is 0 Å². The first-order valence-corrected chi connectivity index (χ1v) is 7.59. The monoisotopic (exact) mass is 338 g/mol. The van der Waals surface area contributed by atoms with Crippen LogP contribution in [-0.2, 0) is 12.8 Å². The molecule has 0 nitrogen and oxygen atoms in total. The predicted molar refractivity (Wildman–Crippen MR) is 82.3 cm³/mol. The van der Waals surface area contributed by atoms with Crippen molar-refractivity contribution >= 4 is 15.9 Å². The Kier molecular flexibility index (Phi) is 5.30. The minimum absolute atomic E-state index is 0.258. The second-order valence-electron chi connectivity index (χ2n) is 5.07. The van der Waals surface area contributed by atoms with E-state index in [0.717, 1.165) is 18.4 Å². The van der Waals surface area contributed by atoms with Crippen molar-refractivity contribution in [2.24, 2.45) is 0 Å². The standard InChI is InChI=1S/C17H17BrF2/c1-12-2-4-13(5-3-12)6-8-15(18)10-14-7-9-16(19)17(20)11-14/h2-5,7,9,11,15H,6,8,10H2,1H3. The van der Waals surface area contributed by atoms with Crippen molar-refractivity contribution < 1.29 is 8.78 Å². The summed E-state index contributed by atoms with van der Waals surface area (Å²) in [7, 11) is 0. The zero-order valence-electron chi connectivity index (χ0n) is 11.4. The molecular weight excluding hydrogens is 322 g/mol. The van der Waals surface area contributed by atoms with E-state index in [-0.39, 0.29) is 4.83 Å². The van der Waals surface area contributed by atoms with Gasteiger partial charge in [0.2, 0.25) is 0 Å². The van der Waals surface area contributed by atoms with Crippen LogP contribution in [0.15, 0.2) is 42.5 Å². The van der Waals surface area contributed by atoms with Crippen molar-refractivity contribution in [3.63, 3.8) is 0 Å². The Morgan fingerprint density at radius 1 is 0.950 bits per heavy atom. The van der Waals surface area contributed by atoms with Gasteiger partial charge in [0.15, 0.2) is 11.6 Å². The van der Waals surface area contributed by atoms with Gasteiger partial charge in [0.25, 0.3) is 0 Å². The summed E-state index contributed by atoms with van der Waals surface area (Å²) >= 11 is 3.61. The molecular formula is C17H17BrF2. The maximum Gasteiger partial charge on any atom is 0.159 e. The lowest BCUT2D eigenvalue weighted by atomic mass is 10.0. The van der Waals surface area contributed by atoms with Crippen LogP contribution in [0.2, 0.25) is 0 Å². The van der Waals surface area contributed by atoms with Gasteiger partial charge in [0, 0.05) is 4.83 Å². The van der Waals surface area contributed by atoms with E-state index in [9.17, 15) is 8.78 Å². The molecule has 0 fully saturated rings. The van der Waals surface area contributed by atoms with E-state index in [1.807, 2.05) is 0 Å². The van der Waals surface area contributed by atoms with Gasteiger partial charge in [-0.05, 0) is 49.4 Å². The highest BCUT2D eigenvalue weighted by atomic mass is 79.9. The summed E-state index contributed by atoms with van der Waals surface area (Å²) in [4.78, 5) is 0.258. The summed E-state index contributed by atoms with van der Waals surface area (Å²) < 4.78 is 26.0. The molecule has 0 bridgehead atoms. The lowest BCUT2D eigenvalue weighted by molar-refractivity contribution is 0.507. The number of aryl methyl sites for hydroxylation is 2. The number of benzene rings is 2. The first-order valence-electron chi connectivity index (χ1n) is 6.68. The molecule has 0 N–H and O–H groups in total. The lowest BCUT2D eigenvalue weighted by Crippen LogP contribution is -2.05. The first-order chi connectivity index (χ1) is 9.54. The number of halogens is 3. The highest BCUT2D eigenvalue weighted by Crippen LogP contribution is 2.18. The van der Waals surface area contributed by atoms with Gasteiger partial charge in [-0.3, -0.25) is 0 Å². The molecule has 0 aliphatic carbocycles. The van der Waals surface area contributed by atoms with Crippen LogP contribution in [0.5, 0.6) is 0 Å². The normalized spacial score (nSPS) is 12.4. The molecule has 0 spiro atoms. The second-order valence-corrected chi connectivity index (χ2v) is 6.37. The quantitative estimate of drug-likeness (QED) is 0.656. The molecule has 2 aromatic carbocycles. The fraction of sp³-hybridized carbons (Fsp3) is 0.294. The molecule has 0 saturated carbocycles. The molecule has 0 aromatic heterocycles. The van der Waals surface area contributed by atoms with E-state index in [4.69, 9.17) is 0 Å². The Morgan fingerprint density at radius 2 is 1.60 bits per heavy atom. The third-order valence-corrected chi connectivity index (χ3v) is 4.09. The molecule has 106 valence electrons. The van der Waals surface area contributed by atoms with Gasteiger partial charge in [-0.15, -0.1) is 0 Å². The Morgan fingerprint density at radius 3 is 2.25 bits per heavy atom. The molecule has 0 aliphatic rings. The van der Waals surface area contributed by atoms with Crippen LogP contribution in [0.25, 0.3) is 0 Å². The van der Waals surface area contributed by atoms with Gasteiger partial charge in [-0.25, -0.2) is 8.78 Å². The summed E-state index contributed by atoms with van der Waals surface area (Å²) in [6, 6.07) is 12.6. The molecule has 0 amide bonds. The van der Waals surface area contributed by atoms with Crippen molar-refractivity contribution in [1.29, 1.82) is 0 Å². The number of hydrogen-bond acceptors (Lipinski definition) is 0. The van der Waals surface area contributed by atoms with Gasteiger partial charge in [-0.2, -0.15) is 0 Å². The fourth-order valence-corrected chi connectivity index (χ4v) is 2.71. The highest BCUT2D eigenvalue weighted by molar-refractivity contribution is 9.09. The van der Waals surface area contributed by atoms with Crippen LogP contribution >= 0.6 is 15.9 Å². The summed E-state index contributed by atoms with van der Waals surface area (Å²) in [6.45, 7) is 2.07. The Hall–Kier alpha value is -1.22. The summed E-state index contributed by atoms with van der Waals surface area (Å²) in [5.74, 6) is -1.57. The van der Waals surface area contributed by atoms with E-state index in [1.54, 1.807) is 6.07 Å². The van der Waals surface area contributed by atoms with Crippen LogP contribution in [0.3, 0.4) is 0 Å². The second kappa shape index (κ2) is 6.98. The smallest absolute Gasteiger partial charge is 0.159 e. The van der Waals surface area contributed by atoms with Gasteiger partial charge in [0.05, 0.1) is 0 Å². The number of rotatable bonds is 5. The topological polar surface area (TPSA) is 0 Å². The molecule has 2 rings (SSSR count). The zero-order valence-corrected chi connectivity index (χ0v) is 13.0. The highest BCUT2D eigenvalue weighted by Gasteiger charge is 2.09. The molecule has 0 heterocycles. The number of alkyl halides is 1. The predicted octanol–water partition coefficient (Wildman–Crippen LogP) is 5.21. The van der Waals surface area contributed by atoms with E-state index < -0.39 is 11.6 Å². The van der Waals surface area contributed by atoms with Crippen molar-refractivity contribution in [2.45, 2.75) is 31.0 Å². The molecule has 1 unspecified atom stereocenters. The zero-order chi connectivity index (χ0) is 14.5. The Balaban J connectivity index is 1.87. The van der Waals surface area contributed by atoms with Crippen molar-refractivity contribution in [3.8, 4) is 0 Å². The van der Waals surface area contributed by atoms with Crippen molar-refractivity contribution in [1.82, 2.24) is 0 Å². The van der Waals surface area contributed by atoms with E-state index in [1.165, 1.54) is 23.3 Å². The first kappa shape index (κ1) is 15.2. The van der Waals surface area contributed by atoms with Gasteiger partial charge < -0.3 is 0 Å². The van der Waals surface area contributed by atoms with Crippen LogP contribution < -0.4 is 0 Å². The number of hydrogen-bond donors (Lipinski definition) is 0. The van der Waals surface area contributed by atoms with E-state index in [0.29, 0.717) is 6.42 Å². The van der Waals surface area contributed by atoms with E-state index in [2.05, 4.69) is 47.1 Å². The van der Waals surface area contributed by atoms with Crippen molar-refractivity contribution in [3.05, 3.63) is 70.8 Å². The minimum atomic E-state index is -0.792. The Bertz CT molecular complexity index is 564.